The molecule has 7 nitrogen and oxygen atoms in total. The van der Waals surface area contributed by atoms with Crippen LogP contribution in [0, 0.1) is 0 Å². The van der Waals surface area contributed by atoms with Crippen LogP contribution in [0.5, 0.6) is 11.5 Å². The predicted molar refractivity (Wildman–Crippen MR) is 121 cm³/mol. The lowest BCUT2D eigenvalue weighted by atomic mass is 10.1. The van der Waals surface area contributed by atoms with Gasteiger partial charge < -0.3 is 14.6 Å². The van der Waals surface area contributed by atoms with Crippen molar-refractivity contribution in [1.29, 1.82) is 0 Å². The number of carboxylic acid groups (broad SMARTS) is 1. The van der Waals surface area contributed by atoms with E-state index in [4.69, 9.17) is 9.47 Å². The van der Waals surface area contributed by atoms with Crippen LogP contribution in [0.15, 0.2) is 45.9 Å². The number of hydrogen-bond acceptors (Lipinski definition) is 7. The van der Waals surface area contributed by atoms with E-state index in [1.807, 2.05) is 41.1 Å². The van der Waals surface area contributed by atoms with Crippen LogP contribution in [0.4, 0.5) is 0 Å². The second kappa shape index (κ2) is 8.01. The number of aliphatic carboxylic acids is 1. The highest BCUT2D eigenvalue weighted by Crippen LogP contribution is 2.34. The number of aromatic nitrogens is 2. The Morgan fingerprint density at radius 1 is 1.16 bits per heavy atom. The van der Waals surface area contributed by atoms with E-state index in [1.165, 1.54) is 27.2 Å². The van der Waals surface area contributed by atoms with Gasteiger partial charge in [0.25, 0.3) is 5.56 Å². The van der Waals surface area contributed by atoms with Gasteiger partial charge in [0.05, 0.1) is 5.39 Å². The van der Waals surface area contributed by atoms with Gasteiger partial charge in [-0.15, -0.1) is 22.7 Å². The molecule has 9 heteroatoms. The van der Waals surface area contributed by atoms with Gasteiger partial charge in [0.2, 0.25) is 0 Å². The number of ether oxygens (including phenoxy) is 2. The lowest BCUT2D eigenvalue weighted by Gasteiger charge is -2.18. The normalized spacial score (nSPS) is 13.2. The van der Waals surface area contributed by atoms with Gasteiger partial charge in [-0.05, 0) is 35.2 Å². The van der Waals surface area contributed by atoms with Crippen LogP contribution >= 0.6 is 22.7 Å². The van der Waals surface area contributed by atoms with Gasteiger partial charge in [-0.1, -0.05) is 18.2 Å². The van der Waals surface area contributed by atoms with Crippen molar-refractivity contribution >= 4 is 51.0 Å². The van der Waals surface area contributed by atoms with Crippen molar-refractivity contribution in [2.45, 2.75) is 6.54 Å². The number of benzene rings is 1. The van der Waals surface area contributed by atoms with Crippen LogP contribution in [0.3, 0.4) is 0 Å². The first-order valence-corrected chi connectivity index (χ1v) is 11.2. The summed E-state index contributed by atoms with van der Waals surface area (Å²) in [5, 5.41) is 13.7. The number of thiophene rings is 2. The maximum atomic E-state index is 13.3. The fourth-order valence-corrected chi connectivity index (χ4v) is 5.16. The van der Waals surface area contributed by atoms with Gasteiger partial charge in [-0.2, -0.15) is 0 Å². The molecule has 0 saturated heterocycles. The molecule has 0 aliphatic carbocycles. The minimum atomic E-state index is -1.11. The minimum absolute atomic E-state index is 0.286. The second-order valence-corrected chi connectivity index (χ2v) is 8.60. The summed E-state index contributed by atoms with van der Waals surface area (Å²) in [4.78, 5) is 30.9. The average Bonchev–Trinajstić information content (AvgIpc) is 3.44. The molecule has 5 rings (SSSR count). The molecule has 0 amide bonds. The zero-order chi connectivity index (χ0) is 21.4. The molecular formula is C22H16N2O5S2. The van der Waals surface area contributed by atoms with E-state index >= 15 is 0 Å². The van der Waals surface area contributed by atoms with Gasteiger partial charge >= 0.3 is 5.97 Å². The smallest absolute Gasteiger partial charge is 0.323 e. The Hall–Kier alpha value is -3.43. The van der Waals surface area contributed by atoms with E-state index in [0.29, 0.717) is 34.9 Å². The number of fused-ring (bicyclic) bond motifs is 2. The van der Waals surface area contributed by atoms with E-state index < -0.39 is 12.5 Å². The molecule has 0 radical (unpaired) electrons. The fraction of sp³-hybridized carbons (Fsp3) is 0.136. The Kier molecular flexibility index (Phi) is 5.05. The van der Waals surface area contributed by atoms with Crippen LogP contribution in [-0.2, 0) is 11.3 Å². The molecule has 0 fully saturated rings. The van der Waals surface area contributed by atoms with Crippen molar-refractivity contribution in [3.8, 4) is 21.9 Å². The third-order valence-corrected chi connectivity index (χ3v) is 6.57. The van der Waals surface area contributed by atoms with Gasteiger partial charge in [-0.25, -0.2) is 4.98 Å². The summed E-state index contributed by atoms with van der Waals surface area (Å²) in [5.41, 5.74) is 1.25. The molecule has 0 atom stereocenters. The van der Waals surface area contributed by atoms with Crippen LogP contribution in [0.2, 0.25) is 0 Å². The highest BCUT2D eigenvalue weighted by Gasteiger charge is 2.18. The largest absolute Gasteiger partial charge is 0.486 e. The zero-order valence-corrected chi connectivity index (χ0v) is 17.7. The molecule has 1 aliphatic heterocycles. The van der Waals surface area contributed by atoms with Crippen molar-refractivity contribution in [3.63, 3.8) is 0 Å². The molecule has 0 saturated carbocycles. The van der Waals surface area contributed by atoms with Crippen molar-refractivity contribution in [1.82, 2.24) is 9.55 Å². The topological polar surface area (TPSA) is 90.7 Å². The van der Waals surface area contributed by atoms with Crippen LogP contribution in [0.25, 0.3) is 32.8 Å². The van der Waals surface area contributed by atoms with Crippen LogP contribution < -0.4 is 15.0 Å². The average molecular weight is 453 g/mol. The molecule has 4 aromatic rings. The second-order valence-electron chi connectivity index (χ2n) is 6.80. The Balaban J connectivity index is 1.60. The van der Waals surface area contributed by atoms with Gasteiger partial charge in [0, 0.05) is 15.8 Å². The van der Waals surface area contributed by atoms with E-state index in [1.54, 1.807) is 12.2 Å². The Morgan fingerprint density at radius 3 is 2.77 bits per heavy atom. The maximum absolute atomic E-state index is 13.3. The summed E-state index contributed by atoms with van der Waals surface area (Å²) in [6, 6.07) is 9.37. The highest BCUT2D eigenvalue weighted by atomic mass is 32.1. The van der Waals surface area contributed by atoms with Crippen LogP contribution in [-0.4, -0.2) is 33.8 Å². The molecular weight excluding hydrogens is 436 g/mol. The molecule has 3 aromatic heterocycles. The molecule has 0 bridgehead atoms. The van der Waals surface area contributed by atoms with Gasteiger partial charge in [0.15, 0.2) is 11.5 Å². The number of rotatable bonds is 5. The number of nitrogens with zero attached hydrogens (tertiary/aromatic N) is 2. The van der Waals surface area contributed by atoms with Gasteiger partial charge in [-0.3, -0.25) is 14.2 Å². The Labute approximate surface area is 184 Å². The first-order chi connectivity index (χ1) is 15.1. The number of carbonyl (C=O) groups is 1. The van der Waals surface area contributed by atoms with Crippen LogP contribution in [0.1, 0.15) is 11.4 Å². The lowest BCUT2D eigenvalue weighted by molar-refractivity contribution is -0.137. The highest BCUT2D eigenvalue weighted by molar-refractivity contribution is 7.18. The number of carboxylic acids is 1. The zero-order valence-electron chi connectivity index (χ0n) is 16.1. The van der Waals surface area contributed by atoms with E-state index in [-0.39, 0.29) is 11.4 Å². The van der Waals surface area contributed by atoms with Gasteiger partial charge in [0.1, 0.15) is 30.4 Å². The summed E-state index contributed by atoms with van der Waals surface area (Å²) in [7, 11) is 0. The quantitative estimate of drug-likeness (QED) is 0.488. The minimum Gasteiger partial charge on any atom is -0.486 e. The van der Waals surface area contributed by atoms with Crippen molar-refractivity contribution in [2.24, 2.45) is 0 Å². The summed E-state index contributed by atoms with van der Waals surface area (Å²) in [6.45, 7) is 0.533. The predicted octanol–water partition coefficient (Wildman–Crippen LogP) is 4.21. The fourth-order valence-electron chi connectivity index (χ4n) is 3.40. The lowest BCUT2D eigenvalue weighted by Crippen LogP contribution is -2.27. The molecule has 1 aliphatic rings. The molecule has 0 unspecified atom stereocenters. The Morgan fingerprint density at radius 2 is 2.00 bits per heavy atom. The third-order valence-electron chi connectivity index (χ3n) is 4.79. The van der Waals surface area contributed by atoms with Crippen molar-refractivity contribution < 1.29 is 19.4 Å². The Bertz CT molecular complexity index is 1370. The molecule has 156 valence electrons. The number of hydrogen-bond donors (Lipinski definition) is 1. The van der Waals surface area contributed by atoms with E-state index in [2.05, 4.69) is 4.98 Å². The summed E-state index contributed by atoms with van der Waals surface area (Å²) in [6.07, 6.45) is 3.43. The van der Waals surface area contributed by atoms with E-state index in [0.717, 1.165) is 16.0 Å². The van der Waals surface area contributed by atoms with Crippen molar-refractivity contribution in [2.75, 3.05) is 13.2 Å². The summed E-state index contributed by atoms with van der Waals surface area (Å²) in [5.74, 6) is 0.517. The molecule has 31 heavy (non-hydrogen) atoms. The first-order valence-electron chi connectivity index (χ1n) is 9.45. The molecule has 1 aromatic carbocycles. The summed E-state index contributed by atoms with van der Waals surface area (Å²) < 4.78 is 12.3. The monoisotopic (exact) mass is 452 g/mol. The third kappa shape index (κ3) is 3.73. The first kappa shape index (κ1) is 19.5. The SMILES string of the molecule is O=C(O)Cn1c(/C=C/c2ccc3c(c2)OCCO3)nc2scc(-c3cccs3)c2c1=O. The summed E-state index contributed by atoms with van der Waals surface area (Å²) >= 11 is 2.90. The van der Waals surface area contributed by atoms with Crippen molar-refractivity contribution in [3.05, 3.63) is 62.8 Å². The maximum Gasteiger partial charge on any atom is 0.323 e. The molecule has 1 N–H and O–H groups in total. The standard InChI is InChI=1S/C22H16N2O5S2/c25-19(26)11-24-18(6-4-13-3-5-15-16(10-13)29-8-7-28-15)23-21-20(22(24)27)14(12-31-21)17-2-1-9-30-17/h1-6,9-10,12H,7-8,11H2,(H,25,26)/b6-4+. The molecule has 4 heterocycles. The van der Waals surface area contributed by atoms with E-state index in [9.17, 15) is 14.7 Å². The molecule has 0 spiro atoms.